The fraction of sp³-hybridized carbons (Fsp3) is 0.458. The first-order valence-corrected chi connectivity index (χ1v) is 10.6. The molecule has 1 amide bonds. The number of nitrogens with one attached hydrogen (secondary N) is 1. The summed E-state index contributed by atoms with van der Waals surface area (Å²) in [6.45, 7) is 8.88. The zero-order valence-electron chi connectivity index (χ0n) is 17.9. The van der Waals surface area contributed by atoms with Gasteiger partial charge in [0.25, 0.3) is 5.91 Å². The SMILES string of the molecule is CC(C)(CCCCN1CCOCC1)c1cc(O)c(C(=O)Nc2ccccc2)c(O)c1. The average molecular weight is 413 g/mol. The number of carbonyl (C=O) groups excluding carboxylic acids is 1. The highest BCUT2D eigenvalue weighted by Crippen LogP contribution is 2.37. The van der Waals surface area contributed by atoms with Crippen LogP contribution in [0.1, 0.15) is 49.0 Å². The molecule has 0 aliphatic carbocycles. The third-order valence-corrected chi connectivity index (χ3v) is 5.77. The number of hydrogen-bond acceptors (Lipinski definition) is 5. The minimum Gasteiger partial charge on any atom is -0.507 e. The first kappa shape index (κ1) is 22.1. The van der Waals surface area contributed by atoms with Crippen molar-refractivity contribution in [1.29, 1.82) is 0 Å². The van der Waals surface area contributed by atoms with Gasteiger partial charge in [0.05, 0.1) is 13.2 Å². The van der Waals surface area contributed by atoms with E-state index in [2.05, 4.69) is 24.1 Å². The topological polar surface area (TPSA) is 82.0 Å². The Morgan fingerprint density at radius 1 is 1.07 bits per heavy atom. The van der Waals surface area contributed by atoms with Crippen LogP contribution in [-0.2, 0) is 10.2 Å². The molecule has 1 aliphatic heterocycles. The number of nitrogens with zero attached hydrogens (tertiary/aromatic N) is 1. The number of para-hydroxylation sites is 1. The highest BCUT2D eigenvalue weighted by molar-refractivity contribution is 6.08. The van der Waals surface area contributed by atoms with Gasteiger partial charge in [-0.1, -0.05) is 38.5 Å². The van der Waals surface area contributed by atoms with Gasteiger partial charge < -0.3 is 20.3 Å². The van der Waals surface area contributed by atoms with E-state index in [1.54, 1.807) is 36.4 Å². The lowest BCUT2D eigenvalue weighted by Gasteiger charge is -2.28. The quantitative estimate of drug-likeness (QED) is 0.568. The fourth-order valence-corrected chi connectivity index (χ4v) is 3.82. The summed E-state index contributed by atoms with van der Waals surface area (Å²) in [6, 6.07) is 12.2. The average Bonchev–Trinajstić information content (AvgIpc) is 2.72. The van der Waals surface area contributed by atoms with Gasteiger partial charge in [-0.15, -0.1) is 0 Å². The number of aromatic hydroxyl groups is 2. The van der Waals surface area contributed by atoms with Crippen molar-refractivity contribution in [3.05, 3.63) is 53.6 Å². The van der Waals surface area contributed by atoms with Gasteiger partial charge in [0, 0.05) is 18.8 Å². The molecule has 1 aliphatic rings. The minimum absolute atomic E-state index is 0.106. The maximum atomic E-state index is 12.5. The molecule has 1 fully saturated rings. The van der Waals surface area contributed by atoms with Crippen LogP contribution in [0.15, 0.2) is 42.5 Å². The number of rotatable bonds is 8. The van der Waals surface area contributed by atoms with Crippen molar-refractivity contribution < 1.29 is 19.7 Å². The van der Waals surface area contributed by atoms with Crippen molar-refractivity contribution >= 4 is 11.6 Å². The van der Waals surface area contributed by atoms with E-state index in [1.807, 2.05) is 6.07 Å². The Balaban J connectivity index is 1.61. The number of hydrogen-bond donors (Lipinski definition) is 3. The molecular weight excluding hydrogens is 380 g/mol. The Morgan fingerprint density at radius 2 is 1.70 bits per heavy atom. The van der Waals surface area contributed by atoms with Crippen LogP contribution in [-0.4, -0.2) is 53.9 Å². The number of unbranched alkanes of at least 4 members (excludes halogenated alkanes) is 1. The van der Waals surface area contributed by atoms with Crippen LogP contribution in [0.4, 0.5) is 5.69 Å². The molecule has 0 saturated carbocycles. The summed E-state index contributed by atoms with van der Waals surface area (Å²) in [7, 11) is 0. The molecule has 0 bridgehead atoms. The maximum Gasteiger partial charge on any atom is 0.263 e. The van der Waals surface area contributed by atoms with E-state index in [1.165, 1.54) is 0 Å². The smallest absolute Gasteiger partial charge is 0.263 e. The summed E-state index contributed by atoms with van der Waals surface area (Å²) < 4.78 is 5.38. The van der Waals surface area contributed by atoms with Gasteiger partial charge in [0.2, 0.25) is 0 Å². The number of phenolic OH excluding ortho intramolecular Hbond substituents is 2. The highest BCUT2D eigenvalue weighted by atomic mass is 16.5. The highest BCUT2D eigenvalue weighted by Gasteiger charge is 2.25. The van der Waals surface area contributed by atoms with Crippen LogP contribution in [0.3, 0.4) is 0 Å². The first-order valence-electron chi connectivity index (χ1n) is 10.6. The fourth-order valence-electron chi connectivity index (χ4n) is 3.82. The normalized spacial score (nSPS) is 15.1. The lowest BCUT2D eigenvalue weighted by atomic mass is 9.79. The third kappa shape index (κ3) is 5.74. The van der Waals surface area contributed by atoms with E-state index >= 15 is 0 Å². The Morgan fingerprint density at radius 3 is 2.33 bits per heavy atom. The molecule has 0 atom stereocenters. The molecule has 3 rings (SSSR count). The first-order chi connectivity index (χ1) is 14.4. The van der Waals surface area contributed by atoms with E-state index in [0.29, 0.717) is 5.69 Å². The molecule has 1 saturated heterocycles. The number of anilines is 1. The van der Waals surface area contributed by atoms with Gasteiger partial charge in [0.1, 0.15) is 17.1 Å². The third-order valence-electron chi connectivity index (χ3n) is 5.77. The Bertz CT molecular complexity index is 823. The molecule has 3 N–H and O–H groups in total. The van der Waals surface area contributed by atoms with Crippen LogP contribution in [0.2, 0.25) is 0 Å². The second-order valence-electron chi connectivity index (χ2n) is 8.50. The predicted octanol–water partition coefficient (Wildman–Crippen LogP) is 4.13. The van der Waals surface area contributed by atoms with Crippen molar-refractivity contribution in [2.45, 2.75) is 38.5 Å². The zero-order valence-corrected chi connectivity index (χ0v) is 17.9. The second kappa shape index (κ2) is 9.96. The molecule has 162 valence electrons. The van der Waals surface area contributed by atoms with Crippen LogP contribution < -0.4 is 5.32 Å². The molecule has 6 nitrogen and oxygen atoms in total. The Hall–Kier alpha value is -2.57. The number of morpholine rings is 1. The van der Waals surface area contributed by atoms with Crippen molar-refractivity contribution in [1.82, 2.24) is 4.90 Å². The molecule has 0 spiro atoms. The van der Waals surface area contributed by atoms with E-state index < -0.39 is 5.91 Å². The van der Waals surface area contributed by atoms with Crippen LogP contribution in [0.25, 0.3) is 0 Å². The number of carbonyl (C=O) groups is 1. The summed E-state index contributed by atoms with van der Waals surface area (Å²) in [6.07, 6.45) is 3.06. The molecular formula is C24H32N2O4. The summed E-state index contributed by atoms with van der Waals surface area (Å²) in [5.41, 5.74) is 1.09. The van der Waals surface area contributed by atoms with Gasteiger partial charge in [-0.25, -0.2) is 0 Å². The minimum atomic E-state index is -0.536. The number of amides is 1. The van der Waals surface area contributed by atoms with Crippen molar-refractivity contribution in [2.75, 3.05) is 38.2 Å². The van der Waals surface area contributed by atoms with Crippen molar-refractivity contribution in [3.63, 3.8) is 0 Å². The van der Waals surface area contributed by atoms with Gasteiger partial charge in [-0.3, -0.25) is 9.69 Å². The lowest BCUT2D eigenvalue weighted by molar-refractivity contribution is 0.0370. The van der Waals surface area contributed by atoms with Crippen LogP contribution in [0, 0.1) is 0 Å². The largest absolute Gasteiger partial charge is 0.507 e. The van der Waals surface area contributed by atoms with Gasteiger partial charge in [-0.05, 0) is 54.6 Å². The molecule has 2 aromatic rings. The molecule has 0 unspecified atom stereocenters. The Kier molecular flexibility index (Phi) is 7.34. The number of phenols is 2. The molecule has 0 aromatic heterocycles. The van der Waals surface area contributed by atoms with Gasteiger partial charge in [-0.2, -0.15) is 0 Å². The summed E-state index contributed by atoms with van der Waals surface area (Å²) in [4.78, 5) is 15.0. The maximum absolute atomic E-state index is 12.5. The number of benzene rings is 2. The molecule has 6 heteroatoms. The Labute approximate surface area is 178 Å². The summed E-state index contributed by atoms with van der Waals surface area (Å²) >= 11 is 0. The van der Waals surface area contributed by atoms with Crippen LogP contribution in [0.5, 0.6) is 11.5 Å². The lowest BCUT2D eigenvalue weighted by Crippen LogP contribution is -2.36. The standard InChI is InChI=1S/C24H32N2O4/c1-24(2,10-6-7-11-26-12-14-30-15-13-26)18-16-20(27)22(21(28)17-18)23(29)25-19-8-4-3-5-9-19/h3-5,8-9,16-17,27-28H,6-7,10-15H2,1-2H3,(H,25,29). The van der Waals surface area contributed by atoms with E-state index in [9.17, 15) is 15.0 Å². The van der Waals surface area contributed by atoms with Crippen molar-refractivity contribution in [3.8, 4) is 11.5 Å². The molecule has 2 aromatic carbocycles. The van der Waals surface area contributed by atoms with Crippen LogP contribution >= 0.6 is 0 Å². The molecule has 1 heterocycles. The zero-order chi connectivity index (χ0) is 21.6. The summed E-state index contributed by atoms with van der Waals surface area (Å²) in [5.74, 6) is -0.953. The van der Waals surface area contributed by atoms with Crippen molar-refractivity contribution in [2.24, 2.45) is 0 Å². The van der Waals surface area contributed by atoms with Gasteiger partial charge >= 0.3 is 0 Å². The monoisotopic (exact) mass is 412 g/mol. The predicted molar refractivity (Wildman–Crippen MR) is 118 cm³/mol. The number of ether oxygens (including phenoxy) is 1. The van der Waals surface area contributed by atoms with E-state index in [4.69, 9.17) is 4.74 Å². The second-order valence-corrected chi connectivity index (χ2v) is 8.50. The van der Waals surface area contributed by atoms with Gasteiger partial charge in [0.15, 0.2) is 0 Å². The summed E-state index contributed by atoms with van der Waals surface area (Å²) in [5, 5.41) is 23.7. The van der Waals surface area contributed by atoms with E-state index in [0.717, 1.165) is 57.7 Å². The molecule has 30 heavy (non-hydrogen) atoms. The van der Waals surface area contributed by atoms with E-state index in [-0.39, 0.29) is 22.5 Å². The molecule has 0 radical (unpaired) electrons.